The lowest BCUT2D eigenvalue weighted by atomic mass is 10.2. The molecule has 4 N–H and O–H groups in total. The van der Waals surface area contributed by atoms with E-state index in [1.165, 1.54) is 13.8 Å². The molecule has 7 heteroatoms. The van der Waals surface area contributed by atoms with Crippen molar-refractivity contribution in [1.82, 2.24) is 10.6 Å². The van der Waals surface area contributed by atoms with Crippen LogP contribution in [-0.4, -0.2) is 29.3 Å². The Kier molecular flexibility index (Phi) is 4.36. The molecular formula is C7H12ClN3O3. The fourth-order valence-corrected chi connectivity index (χ4v) is 0.886. The van der Waals surface area contributed by atoms with Gasteiger partial charge in [-0.3, -0.25) is 14.4 Å². The first-order valence-corrected chi connectivity index (χ1v) is 4.31. The Hall–Kier alpha value is -1.30. The molecule has 6 nitrogen and oxygen atoms in total. The maximum absolute atomic E-state index is 11.0. The van der Waals surface area contributed by atoms with Crippen molar-refractivity contribution in [2.75, 3.05) is 5.88 Å². The van der Waals surface area contributed by atoms with Gasteiger partial charge in [0.05, 0.1) is 0 Å². The molecule has 0 aliphatic heterocycles. The number of halogens is 1. The normalized spacial score (nSPS) is 13.9. The molecule has 0 heterocycles. The average molecular weight is 222 g/mol. The molecule has 0 aromatic rings. The molecule has 14 heavy (non-hydrogen) atoms. The van der Waals surface area contributed by atoms with Crippen molar-refractivity contribution in [3.8, 4) is 0 Å². The number of nitrogens with two attached hydrogens (primary N) is 1. The Morgan fingerprint density at radius 3 is 2.14 bits per heavy atom. The number of primary amides is 1. The maximum atomic E-state index is 11.0. The zero-order valence-electron chi connectivity index (χ0n) is 7.89. The van der Waals surface area contributed by atoms with Crippen LogP contribution in [0.25, 0.3) is 0 Å². The third-order valence-corrected chi connectivity index (χ3v) is 1.67. The summed E-state index contributed by atoms with van der Waals surface area (Å²) in [6.07, 6.45) is 0. The van der Waals surface area contributed by atoms with E-state index in [-0.39, 0.29) is 5.88 Å². The second-order valence-electron chi connectivity index (χ2n) is 2.85. The van der Waals surface area contributed by atoms with E-state index in [9.17, 15) is 14.4 Å². The average Bonchev–Trinajstić information content (AvgIpc) is 2.02. The lowest BCUT2D eigenvalue weighted by Gasteiger charge is -2.27. The van der Waals surface area contributed by atoms with Crippen LogP contribution in [0.4, 0.5) is 0 Å². The molecule has 1 unspecified atom stereocenters. The minimum absolute atomic E-state index is 0.317. The second-order valence-corrected chi connectivity index (χ2v) is 3.12. The standard InChI is InChI=1S/C7H12ClN3O3/c1-4(12)10-7(2,6(9)14)11-5(13)3-8/h3H2,1-2H3,(H2,9,14)(H,10,12)(H,11,13). The third kappa shape index (κ3) is 3.61. The molecule has 0 rings (SSSR count). The Morgan fingerprint density at radius 2 is 1.86 bits per heavy atom. The predicted molar refractivity (Wildman–Crippen MR) is 50.3 cm³/mol. The van der Waals surface area contributed by atoms with E-state index in [0.29, 0.717) is 0 Å². The number of hydrogen-bond donors (Lipinski definition) is 3. The van der Waals surface area contributed by atoms with Gasteiger partial charge in [0.15, 0.2) is 5.66 Å². The van der Waals surface area contributed by atoms with Crippen LogP contribution in [0.3, 0.4) is 0 Å². The SMILES string of the molecule is CC(=O)NC(C)(NC(=O)CCl)C(N)=O. The van der Waals surface area contributed by atoms with Gasteiger partial charge in [0.1, 0.15) is 5.88 Å². The highest BCUT2D eigenvalue weighted by molar-refractivity contribution is 6.27. The smallest absolute Gasteiger partial charge is 0.263 e. The van der Waals surface area contributed by atoms with E-state index in [1.54, 1.807) is 0 Å². The summed E-state index contributed by atoms with van der Waals surface area (Å²) >= 11 is 5.22. The maximum Gasteiger partial charge on any atom is 0.263 e. The molecule has 0 aliphatic carbocycles. The molecule has 0 saturated heterocycles. The number of carbonyl (C=O) groups excluding carboxylic acids is 3. The zero-order valence-corrected chi connectivity index (χ0v) is 8.64. The molecule has 0 aromatic heterocycles. The third-order valence-electron chi connectivity index (χ3n) is 1.43. The summed E-state index contributed by atoms with van der Waals surface area (Å²) in [7, 11) is 0. The fourth-order valence-electron chi connectivity index (χ4n) is 0.819. The van der Waals surface area contributed by atoms with Gasteiger partial charge in [-0.25, -0.2) is 0 Å². The summed E-state index contributed by atoms with van der Waals surface area (Å²) in [6.45, 7) is 2.48. The quantitative estimate of drug-likeness (QED) is 0.405. The first kappa shape index (κ1) is 12.7. The van der Waals surface area contributed by atoms with Crippen LogP contribution in [0.1, 0.15) is 13.8 Å². The summed E-state index contributed by atoms with van der Waals surface area (Å²) in [4.78, 5) is 32.6. The number of carbonyl (C=O) groups is 3. The molecule has 80 valence electrons. The molecule has 0 aliphatic rings. The van der Waals surface area contributed by atoms with E-state index >= 15 is 0 Å². The monoisotopic (exact) mass is 221 g/mol. The number of rotatable bonds is 4. The molecule has 0 aromatic carbocycles. The van der Waals surface area contributed by atoms with E-state index in [0.717, 1.165) is 0 Å². The summed E-state index contributed by atoms with van der Waals surface area (Å²) in [5, 5.41) is 4.41. The number of amides is 3. The molecule has 1 atom stereocenters. The molecule has 3 amide bonds. The minimum Gasteiger partial charge on any atom is -0.366 e. The van der Waals surface area contributed by atoms with E-state index in [2.05, 4.69) is 10.6 Å². The number of nitrogens with one attached hydrogen (secondary N) is 2. The Bertz CT molecular complexity index is 269. The Labute approximate surface area is 86.2 Å². The Balaban J connectivity index is 4.63. The van der Waals surface area contributed by atoms with Crippen LogP contribution in [-0.2, 0) is 14.4 Å². The summed E-state index contributed by atoms with van der Waals surface area (Å²) in [6, 6.07) is 0. The number of alkyl halides is 1. The van der Waals surface area contributed by atoms with Crippen molar-refractivity contribution in [2.24, 2.45) is 5.73 Å². The van der Waals surface area contributed by atoms with E-state index < -0.39 is 23.4 Å². The molecular weight excluding hydrogens is 210 g/mol. The van der Waals surface area contributed by atoms with Crippen LogP contribution >= 0.6 is 11.6 Å². The van der Waals surface area contributed by atoms with Crippen molar-refractivity contribution >= 4 is 29.3 Å². The van der Waals surface area contributed by atoms with Gasteiger partial charge >= 0.3 is 0 Å². The van der Waals surface area contributed by atoms with Gasteiger partial charge in [0, 0.05) is 6.92 Å². The second kappa shape index (κ2) is 4.80. The van der Waals surface area contributed by atoms with Crippen molar-refractivity contribution in [3.63, 3.8) is 0 Å². The largest absolute Gasteiger partial charge is 0.366 e. The van der Waals surface area contributed by atoms with E-state index in [4.69, 9.17) is 17.3 Å². The van der Waals surface area contributed by atoms with Gasteiger partial charge in [-0.1, -0.05) is 0 Å². The van der Waals surface area contributed by atoms with Gasteiger partial charge < -0.3 is 16.4 Å². The highest BCUT2D eigenvalue weighted by atomic mass is 35.5. The van der Waals surface area contributed by atoms with Gasteiger partial charge in [-0.2, -0.15) is 0 Å². The van der Waals surface area contributed by atoms with Crippen LogP contribution in [0.2, 0.25) is 0 Å². The summed E-state index contributed by atoms with van der Waals surface area (Å²) in [5.41, 5.74) is 3.41. The van der Waals surface area contributed by atoms with Crippen LogP contribution in [0.15, 0.2) is 0 Å². The zero-order chi connectivity index (χ0) is 11.4. The van der Waals surface area contributed by atoms with Crippen LogP contribution < -0.4 is 16.4 Å². The van der Waals surface area contributed by atoms with Crippen molar-refractivity contribution in [1.29, 1.82) is 0 Å². The number of hydrogen-bond acceptors (Lipinski definition) is 3. The highest BCUT2D eigenvalue weighted by Crippen LogP contribution is 1.97. The lowest BCUT2D eigenvalue weighted by molar-refractivity contribution is -0.135. The van der Waals surface area contributed by atoms with Crippen molar-refractivity contribution in [2.45, 2.75) is 19.5 Å². The van der Waals surface area contributed by atoms with Gasteiger partial charge in [-0.15, -0.1) is 11.6 Å². The topological polar surface area (TPSA) is 101 Å². The van der Waals surface area contributed by atoms with Crippen LogP contribution in [0.5, 0.6) is 0 Å². The first-order chi connectivity index (χ1) is 6.31. The minimum atomic E-state index is -1.60. The summed E-state index contributed by atoms with van der Waals surface area (Å²) < 4.78 is 0. The van der Waals surface area contributed by atoms with Gasteiger partial charge in [0.25, 0.3) is 5.91 Å². The summed E-state index contributed by atoms with van der Waals surface area (Å²) in [5.74, 6) is -2.27. The highest BCUT2D eigenvalue weighted by Gasteiger charge is 2.33. The fraction of sp³-hybridized carbons (Fsp3) is 0.571. The van der Waals surface area contributed by atoms with Crippen molar-refractivity contribution < 1.29 is 14.4 Å². The molecule has 0 bridgehead atoms. The first-order valence-electron chi connectivity index (χ1n) is 3.77. The molecule has 0 spiro atoms. The molecule has 0 fully saturated rings. The Morgan fingerprint density at radius 1 is 1.36 bits per heavy atom. The predicted octanol–water partition coefficient (Wildman–Crippen LogP) is -1.32. The van der Waals surface area contributed by atoms with Gasteiger partial charge in [0.2, 0.25) is 11.8 Å². The van der Waals surface area contributed by atoms with Crippen LogP contribution in [0, 0.1) is 0 Å². The van der Waals surface area contributed by atoms with Crippen molar-refractivity contribution in [3.05, 3.63) is 0 Å². The molecule has 0 radical (unpaired) electrons. The molecule has 0 saturated carbocycles. The lowest BCUT2D eigenvalue weighted by Crippen LogP contribution is -2.65. The van der Waals surface area contributed by atoms with Gasteiger partial charge in [-0.05, 0) is 6.92 Å². The van der Waals surface area contributed by atoms with E-state index in [1.807, 2.05) is 0 Å².